The number of rotatable bonds is 8. The van der Waals surface area contributed by atoms with Gasteiger partial charge in [0.05, 0.1) is 6.54 Å². The molecule has 4 nitrogen and oxygen atoms in total. The molecule has 0 saturated heterocycles. The predicted molar refractivity (Wildman–Crippen MR) is 108 cm³/mol. The zero-order valence-corrected chi connectivity index (χ0v) is 15.8. The molecule has 3 rings (SSSR count). The van der Waals surface area contributed by atoms with Gasteiger partial charge in [-0.05, 0) is 42.5 Å². The summed E-state index contributed by atoms with van der Waals surface area (Å²) in [5, 5.41) is 4.94. The Balaban J connectivity index is 1.47. The lowest BCUT2D eigenvalue weighted by molar-refractivity contribution is -0.127. The Labute approximate surface area is 160 Å². The molecule has 0 heterocycles. The highest BCUT2D eigenvalue weighted by Crippen LogP contribution is 2.26. The van der Waals surface area contributed by atoms with Gasteiger partial charge in [0.25, 0.3) is 5.91 Å². The molecule has 1 amide bonds. The fraction of sp³-hybridized carbons (Fsp3) is 0.261. The maximum atomic E-state index is 12.3. The maximum absolute atomic E-state index is 12.3. The fourth-order valence-corrected chi connectivity index (χ4v) is 2.85. The Kier molecular flexibility index (Phi) is 6.31. The van der Waals surface area contributed by atoms with Gasteiger partial charge in [0, 0.05) is 5.39 Å². The van der Waals surface area contributed by atoms with Crippen LogP contribution in [0.5, 0.6) is 11.5 Å². The van der Waals surface area contributed by atoms with Crippen LogP contribution in [-0.4, -0.2) is 25.2 Å². The number of carbonyl (C=O) groups is 1. The number of aryl methyl sites for hydroxylation is 1. The summed E-state index contributed by atoms with van der Waals surface area (Å²) < 4.78 is 11.5. The molecule has 0 aromatic heterocycles. The van der Waals surface area contributed by atoms with E-state index in [2.05, 4.69) is 12.2 Å². The van der Waals surface area contributed by atoms with Crippen LogP contribution in [0.1, 0.15) is 19.4 Å². The van der Waals surface area contributed by atoms with Crippen LogP contribution in [-0.2, 0) is 11.2 Å². The molecular formula is C23H25NO3. The van der Waals surface area contributed by atoms with Gasteiger partial charge in [0.1, 0.15) is 18.1 Å². The van der Waals surface area contributed by atoms with Gasteiger partial charge in [0.2, 0.25) is 0 Å². The molecule has 0 aliphatic rings. The number of carbonyl (C=O) groups excluding carboxylic acids is 1. The summed E-state index contributed by atoms with van der Waals surface area (Å²) in [6, 6.07) is 21.8. The molecule has 3 aromatic rings. The molecule has 0 aliphatic carbocycles. The van der Waals surface area contributed by atoms with E-state index in [1.807, 2.05) is 66.7 Å². The van der Waals surface area contributed by atoms with Gasteiger partial charge < -0.3 is 14.8 Å². The zero-order chi connectivity index (χ0) is 19.1. The van der Waals surface area contributed by atoms with Crippen LogP contribution < -0.4 is 14.8 Å². The molecule has 0 saturated carbocycles. The maximum Gasteiger partial charge on any atom is 0.260 e. The van der Waals surface area contributed by atoms with Crippen molar-refractivity contribution in [3.05, 3.63) is 72.3 Å². The zero-order valence-electron chi connectivity index (χ0n) is 15.8. The second kappa shape index (κ2) is 9.08. The van der Waals surface area contributed by atoms with Crippen molar-refractivity contribution in [2.75, 3.05) is 13.2 Å². The van der Waals surface area contributed by atoms with Crippen molar-refractivity contribution in [2.24, 2.45) is 0 Å². The summed E-state index contributed by atoms with van der Waals surface area (Å²) in [6.07, 6.45) is 0.421. The summed E-state index contributed by atoms with van der Waals surface area (Å²) in [5.41, 5.74) is 1.27. The lowest BCUT2D eigenvalue weighted by atomic mass is 10.1. The van der Waals surface area contributed by atoms with E-state index in [0.717, 1.165) is 22.9 Å². The highest BCUT2D eigenvalue weighted by molar-refractivity contribution is 5.89. The van der Waals surface area contributed by atoms with Crippen molar-refractivity contribution in [3.63, 3.8) is 0 Å². The summed E-state index contributed by atoms with van der Waals surface area (Å²) in [4.78, 5) is 12.3. The average Bonchev–Trinajstić information content (AvgIpc) is 2.71. The van der Waals surface area contributed by atoms with Gasteiger partial charge in [-0.3, -0.25) is 4.79 Å². The van der Waals surface area contributed by atoms with E-state index >= 15 is 0 Å². The molecule has 4 heteroatoms. The number of amides is 1. The molecule has 0 spiro atoms. The molecular weight excluding hydrogens is 338 g/mol. The third kappa shape index (κ3) is 5.00. The van der Waals surface area contributed by atoms with Crippen molar-refractivity contribution >= 4 is 16.7 Å². The average molecular weight is 363 g/mol. The molecule has 140 valence electrons. The van der Waals surface area contributed by atoms with Gasteiger partial charge >= 0.3 is 0 Å². The smallest absolute Gasteiger partial charge is 0.260 e. The van der Waals surface area contributed by atoms with Crippen LogP contribution in [0.2, 0.25) is 0 Å². The van der Waals surface area contributed by atoms with E-state index in [9.17, 15) is 4.79 Å². The monoisotopic (exact) mass is 363 g/mol. The predicted octanol–water partition coefficient (Wildman–Crippen LogP) is 4.36. The Bertz CT molecular complexity index is 884. The number of hydrogen-bond donors (Lipinski definition) is 1. The van der Waals surface area contributed by atoms with E-state index in [0.29, 0.717) is 18.9 Å². The number of benzene rings is 3. The van der Waals surface area contributed by atoms with E-state index in [1.165, 1.54) is 5.56 Å². The number of fused-ring (bicyclic) bond motifs is 1. The summed E-state index contributed by atoms with van der Waals surface area (Å²) in [7, 11) is 0. The summed E-state index contributed by atoms with van der Waals surface area (Å²) in [5.74, 6) is 1.36. The van der Waals surface area contributed by atoms with Crippen molar-refractivity contribution < 1.29 is 14.3 Å². The van der Waals surface area contributed by atoms with Gasteiger partial charge in [0.15, 0.2) is 6.10 Å². The third-order valence-electron chi connectivity index (χ3n) is 4.42. The second-order valence-corrected chi connectivity index (χ2v) is 6.37. The SMILES string of the molecule is CCc1ccc(OCCNC(=O)[C@H](C)Oc2cccc3ccccc23)cc1. The minimum Gasteiger partial charge on any atom is -0.492 e. The second-order valence-electron chi connectivity index (χ2n) is 6.37. The van der Waals surface area contributed by atoms with Crippen molar-refractivity contribution in [2.45, 2.75) is 26.4 Å². The Morgan fingerprint density at radius 1 is 1.00 bits per heavy atom. The lowest BCUT2D eigenvalue weighted by Crippen LogP contribution is -2.38. The topological polar surface area (TPSA) is 47.6 Å². The van der Waals surface area contributed by atoms with Crippen LogP contribution in [0.15, 0.2) is 66.7 Å². The Morgan fingerprint density at radius 3 is 2.52 bits per heavy atom. The number of ether oxygens (including phenoxy) is 2. The van der Waals surface area contributed by atoms with E-state index in [4.69, 9.17) is 9.47 Å². The van der Waals surface area contributed by atoms with Crippen LogP contribution in [0.3, 0.4) is 0 Å². The van der Waals surface area contributed by atoms with Gasteiger partial charge in [-0.15, -0.1) is 0 Å². The summed E-state index contributed by atoms with van der Waals surface area (Å²) in [6.45, 7) is 4.71. The van der Waals surface area contributed by atoms with E-state index in [-0.39, 0.29) is 5.91 Å². The lowest BCUT2D eigenvalue weighted by Gasteiger charge is -2.16. The summed E-state index contributed by atoms with van der Waals surface area (Å²) >= 11 is 0. The first-order valence-electron chi connectivity index (χ1n) is 9.31. The first kappa shape index (κ1) is 18.8. The first-order valence-corrected chi connectivity index (χ1v) is 9.31. The van der Waals surface area contributed by atoms with Gasteiger partial charge in [-0.2, -0.15) is 0 Å². The molecule has 0 fully saturated rings. The molecule has 3 aromatic carbocycles. The van der Waals surface area contributed by atoms with Crippen LogP contribution in [0, 0.1) is 0 Å². The molecule has 1 N–H and O–H groups in total. The minimum absolute atomic E-state index is 0.159. The highest BCUT2D eigenvalue weighted by Gasteiger charge is 2.15. The molecule has 27 heavy (non-hydrogen) atoms. The minimum atomic E-state index is -0.584. The highest BCUT2D eigenvalue weighted by atomic mass is 16.5. The Morgan fingerprint density at radius 2 is 1.74 bits per heavy atom. The van der Waals surface area contributed by atoms with E-state index < -0.39 is 6.10 Å². The quantitative estimate of drug-likeness (QED) is 0.605. The fourth-order valence-electron chi connectivity index (χ4n) is 2.85. The van der Waals surface area contributed by atoms with Gasteiger partial charge in [-0.1, -0.05) is 55.5 Å². The van der Waals surface area contributed by atoms with Crippen molar-refractivity contribution in [1.82, 2.24) is 5.32 Å². The largest absolute Gasteiger partial charge is 0.492 e. The van der Waals surface area contributed by atoms with Crippen molar-refractivity contribution in [1.29, 1.82) is 0 Å². The van der Waals surface area contributed by atoms with Crippen LogP contribution in [0.25, 0.3) is 10.8 Å². The van der Waals surface area contributed by atoms with Crippen LogP contribution in [0.4, 0.5) is 0 Å². The van der Waals surface area contributed by atoms with Crippen molar-refractivity contribution in [3.8, 4) is 11.5 Å². The third-order valence-corrected chi connectivity index (χ3v) is 4.42. The standard InChI is InChI=1S/C23H25NO3/c1-3-18-11-13-20(14-12-18)26-16-15-24-23(25)17(2)27-22-10-6-8-19-7-4-5-9-21(19)22/h4-14,17H,3,15-16H2,1-2H3,(H,24,25)/t17-/m0/s1. The molecule has 1 atom stereocenters. The van der Waals surface area contributed by atoms with E-state index in [1.54, 1.807) is 6.92 Å². The molecule has 0 aliphatic heterocycles. The Hall–Kier alpha value is -3.01. The number of hydrogen-bond acceptors (Lipinski definition) is 3. The van der Waals surface area contributed by atoms with Gasteiger partial charge in [-0.25, -0.2) is 0 Å². The van der Waals surface area contributed by atoms with Crippen LogP contribution >= 0.6 is 0 Å². The molecule has 0 bridgehead atoms. The first-order chi connectivity index (χ1) is 13.2. The molecule has 0 unspecified atom stereocenters. The normalized spacial score (nSPS) is 11.8. The number of nitrogens with one attached hydrogen (secondary N) is 1. The molecule has 0 radical (unpaired) electrons.